The van der Waals surface area contributed by atoms with Crippen LogP contribution in [-0.2, 0) is 0 Å². The van der Waals surface area contributed by atoms with Gasteiger partial charge in [-0.15, -0.1) is 0 Å². The van der Waals surface area contributed by atoms with Crippen LogP contribution in [0.3, 0.4) is 0 Å². The number of anilines is 2. The lowest BCUT2D eigenvalue weighted by molar-refractivity contribution is 0.0921. The second-order valence-corrected chi connectivity index (χ2v) is 8.70. The number of aromatic amines is 1. The van der Waals surface area contributed by atoms with E-state index >= 15 is 0 Å². The van der Waals surface area contributed by atoms with Gasteiger partial charge >= 0.3 is 0 Å². The highest BCUT2D eigenvalue weighted by atomic mass is 35.5. The predicted octanol–water partition coefficient (Wildman–Crippen LogP) is 4.41. The van der Waals surface area contributed by atoms with Gasteiger partial charge < -0.3 is 21.4 Å². The SMILES string of the molecule is Nc1ccc(C(=O)N[C@H]2CCC[C@@H](Nc3ncc(Cl)c(-c4c[nH]c5ccccc45)n3)C2)nc1. The summed E-state index contributed by atoms with van der Waals surface area (Å²) in [7, 11) is 0. The van der Waals surface area contributed by atoms with Gasteiger partial charge in [0.15, 0.2) is 0 Å². The summed E-state index contributed by atoms with van der Waals surface area (Å²) in [5, 5.41) is 8.07. The third-order valence-electron chi connectivity index (χ3n) is 5.95. The van der Waals surface area contributed by atoms with Crippen LogP contribution in [0.4, 0.5) is 11.6 Å². The summed E-state index contributed by atoms with van der Waals surface area (Å²) in [6, 6.07) is 11.5. The number of nitrogen functional groups attached to an aromatic ring is 1. The fourth-order valence-corrected chi connectivity index (χ4v) is 4.52. The maximum absolute atomic E-state index is 12.5. The van der Waals surface area contributed by atoms with E-state index in [2.05, 4.69) is 25.6 Å². The zero-order valence-electron chi connectivity index (χ0n) is 17.9. The number of rotatable bonds is 5. The van der Waals surface area contributed by atoms with E-state index in [1.807, 2.05) is 30.5 Å². The third kappa shape index (κ3) is 4.61. The molecule has 0 radical (unpaired) electrons. The van der Waals surface area contributed by atoms with E-state index in [1.54, 1.807) is 18.3 Å². The van der Waals surface area contributed by atoms with E-state index in [1.165, 1.54) is 6.20 Å². The molecule has 8 nitrogen and oxygen atoms in total. The van der Waals surface area contributed by atoms with Crippen LogP contribution in [0.15, 0.2) is 55.0 Å². The van der Waals surface area contributed by atoms with Crippen LogP contribution in [0.5, 0.6) is 0 Å². The topological polar surface area (TPSA) is 122 Å². The van der Waals surface area contributed by atoms with Gasteiger partial charge in [0.1, 0.15) is 5.69 Å². The molecule has 1 saturated carbocycles. The van der Waals surface area contributed by atoms with Gasteiger partial charge in [-0.25, -0.2) is 15.0 Å². The number of para-hydroxylation sites is 1. The molecule has 33 heavy (non-hydrogen) atoms. The van der Waals surface area contributed by atoms with Gasteiger partial charge in [-0.1, -0.05) is 29.8 Å². The first-order valence-corrected chi connectivity index (χ1v) is 11.3. The molecule has 5 N–H and O–H groups in total. The summed E-state index contributed by atoms with van der Waals surface area (Å²) in [5.41, 5.74) is 9.20. The highest BCUT2D eigenvalue weighted by Crippen LogP contribution is 2.32. The molecule has 1 fully saturated rings. The molecule has 2 atom stereocenters. The van der Waals surface area contributed by atoms with Crippen LogP contribution >= 0.6 is 11.6 Å². The number of pyridine rings is 1. The summed E-state index contributed by atoms with van der Waals surface area (Å²) in [5.74, 6) is 0.335. The van der Waals surface area contributed by atoms with E-state index < -0.39 is 0 Å². The molecule has 9 heteroatoms. The molecule has 0 aliphatic heterocycles. The van der Waals surface area contributed by atoms with Gasteiger partial charge in [-0.05, 0) is 43.9 Å². The third-order valence-corrected chi connectivity index (χ3v) is 6.23. The minimum Gasteiger partial charge on any atom is -0.397 e. The number of hydrogen-bond acceptors (Lipinski definition) is 6. The van der Waals surface area contributed by atoms with E-state index in [4.69, 9.17) is 22.3 Å². The molecule has 0 unspecified atom stereocenters. The first kappa shape index (κ1) is 21.2. The Morgan fingerprint density at radius 2 is 1.94 bits per heavy atom. The van der Waals surface area contributed by atoms with E-state index in [0.29, 0.717) is 28.0 Å². The van der Waals surface area contributed by atoms with Gasteiger partial charge in [0.05, 0.1) is 28.8 Å². The Morgan fingerprint density at radius 1 is 1.09 bits per heavy atom. The summed E-state index contributed by atoms with van der Waals surface area (Å²) in [6.07, 6.45) is 8.68. The van der Waals surface area contributed by atoms with Crippen LogP contribution < -0.4 is 16.4 Å². The second kappa shape index (κ2) is 9.07. The summed E-state index contributed by atoms with van der Waals surface area (Å²) in [4.78, 5) is 29.0. The number of halogens is 1. The number of nitrogens with one attached hydrogen (secondary N) is 3. The van der Waals surface area contributed by atoms with Gasteiger partial charge in [-0.2, -0.15) is 0 Å². The first-order valence-electron chi connectivity index (χ1n) is 10.9. The van der Waals surface area contributed by atoms with Crippen LogP contribution in [-0.4, -0.2) is 37.9 Å². The van der Waals surface area contributed by atoms with Gasteiger partial charge in [0.25, 0.3) is 5.91 Å². The average Bonchev–Trinajstić information content (AvgIpc) is 3.25. The standard InChI is InChI=1S/C24H24ClN7O/c25-19-13-29-24(32-22(19)18-12-28-20-7-2-1-6-17(18)20)31-16-5-3-4-15(10-16)30-23(33)21-9-8-14(26)11-27-21/h1-2,6-9,11-13,15-16,28H,3-5,10,26H2,(H,30,33)(H,29,31,32)/t15-,16+/m0/s1. The Bertz CT molecular complexity index is 1290. The molecule has 1 aliphatic rings. The summed E-state index contributed by atoms with van der Waals surface area (Å²) < 4.78 is 0. The number of aromatic nitrogens is 4. The molecule has 3 aromatic heterocycles. The van der Waals surface area contributed by atoms with E-state index in [0.717, 1.165) is 42.1 Å². The maximum Gasteiger partial charge on any atom is 0.270 e. The maximum atomic E-state index is 12.5. The molecule has 0 spiro atoms. The molecular weight excluding hydrogens is 438 g/mol. The van der Waals surface area contributed by atoms with Crippen molar-refractivity contribution in [3.8, 4) is 11.3 Å². The monoisotopic (exact) mass is 461 g/mol. The number of fused-ring (bicyclic) bond motifs is 1. The van der Waals surface area contributed by atoms with E-state index in [9.17, 15) is 4.79 Å². The van der Waals surface area contributed by atoms with Crippen LogP contribution in [0.2, 0.25) is 5.02 Å². The molecule has 0 bridgehead atoms. The highest BCUT2D eigenvalue weighted by Gasteiger charge is 2.25. The fraction of sp³-hybridized carbons (Fsp3) is 0.250. The molecule has 0 saturated heterocycles. The first-order chi connectivity index (χ1) is 16.1. The Hall–Kier alpha value is -3.65. The Morgan fingerprint density at radius 3 is 2.79 bits per heavy atom. The second-order valence-electron chi connectivity index (χ2n) is 8.29. The quantitative estimate of drug-likeness (QED) is 0.349. The molecule has 4 aromatic rings. The van der Waals surface area contributed by atoms with Crippen molar-refractivity contribution >= 4 is 40.0 Å². The van der Waals surface area contributed by atoms with Crippen molar-refractivity contribution < 1.29 is 4.79 Å². The summed E-state index contributed by atoms with van der Waals surface area (Å²) >= 11 is 6.45. The molecular formula is C24H24ClN7O. The Kier molecular flexibility index (Phi) is 5.83. The van der Waals surface area contributed by atoms with Gasteiger partial charge in [-0.3, -0.25) is 4.79 Å². The molecule has 168 valence electrons. The zero-order valence-corrected chi connectivity index (χ0v) is 18.6. The lowest BCUT2D eigenvalue weighted by atomic mass is 9.91. The smallest absolute Gasteiger partial charge is 0.270 e. The summed E-state index contributed by atoms with van der Waals surface area (Å²) in [6.45, 7) is 0. The number of carbonyl (C=O) groups excluding carboxylic acids is 1. The normalized spacial score (nSPS) is 18.2. The number of nitrogens with two attached hydrogens (primary N) is 1. The molecule has 1 amide bonds. The Balaban J connectivity index is 1.29. The van der Waals surface area contributed by atoms with Crippen molar-refractivity contribution in [3.05, 3.63) is 65.7 Å². The zero-order chi connectivity index (χ0) is 22.8. The van der Waals surface area contributed by atoms with Crippen molar-refractivity contribution in [2.24, 2.45) is 0 Å². The minimum atomic E-state index is -0.190. The largest absolute Gasteiger partial charge is 0.397 e. The Labute approximate surface area is 196 Å². The number of H-pyrrole nitrogens is 1. The van der Waals surface area contributed by atoms with Crippen molar-refractivity contribution in [2.75, 3.05) is 11.1 Å². The lowest BCUT2D eigenvalue weighted by Crippen LogP contribution is -2.42. The van der Waals surface area contributed by atoms with Crippen molar-refractivity contribution in [1.29, 1.82) is 0 Å². The van der Waals surface area contributed by atoms with Crippen molar-refractivity contribution in [1.82, 2.24) is 25.3 Å². The molecule has 5 rings (SSSR count). The minimum absolute atomic E-state index is 0.0449. The van der Waals surface area contributed by atoms with Crippen molar-refractivity contribution in [2.45, 2.75) is 37.8 Å². The van der Waals surface area contributed by atoms with Gasteiger partial charge in [0, 0.05) is 34.7 Å². The molecule has 1 aromatic carbocycles. The molecule has 3 heterocycles. The van der Waals surface area contributed by atoms with Crippen molar-refractivity contribution in [3.63, 3.8) is 0 Å². The van der Waals surface area contributed by atoms with Gasteiger partial charge in [0.2, 0.25) is 5.95 Å². The number of hydrogen-bond donors (Lipinski definition) is 4. The number of benzene rings is 1. The molecule has 1 aliphatic carbocycles. The fourth-order valence-electron chi connectivity index (χ4n) is 4.33. The highest BCUT2D eigenvalue weighted by molar-refractivity contribution is 6.33. The number of amides is 1. The van der Waals surface area contributed by atoms with E-state index in [-0.39, 0.29) is 18.0 Å². The predicted molar refractivity (Wildman–Crippen MR) is 130 cm³/mol. The number of nitrogens with zero attached hydrogens (tertiary/aromatic N) is 3. The lowest BCUT2D eigenvalue weighted by Gasteiger charge is -2.30. The van der Waals surface area contributed by atoms with Crippen LogP contribution in [0.25, 0.3) is 22.2 Å². The average molecular weight is 462 g/mol. The van der Waals surface area contributed by atoms with Crippen LogP contribution in [0.1, 0.15) is 36.2 Å². The van der Waals surface area contributed by atoms with Crippen LogP contribution in [0, 0.1) is 0 Å². The number of carbonyl (C=O) groups is 1.